The largest absolute Gasteiger partial charge is 0.378 e. The summed E-state index contributed by atoms with van der Waals surface area (Å²) in [5, 5.41) is 10.8. The van der Waals surface area contributed by atoms with Gasteiger partial charge in [-0.05, 0) is 30.5 Å². The molecule has 2 rings (SSSR count). The minimum Gasteiger partial charge on any atom is -0.378 e. The Morgan fingerprint density at radius 3 is 2.35 bits per heavy atom. The van der Waals surface area contributed by atoms with Crippen molar-refractivity contribution in [2.45, 2.75) is 45.7 Å². The highest BCUT2D eigenvalue weighted by atomic mass is 16.5. The molecule has 6 nitrogen and oxygen atoms in total. The van der Waals surface area contributed by atoms with E-state index in [1.54, 1.807) is 7.05 Å². The molecule has 6 heteroatoms. The van der Waals surface area contributed by atoms with Crippen LogP contribution in [0.5, 0.6) is 0 Å². The molecule has 2 N–H and O–H groups in total. The number of aliphatic imine (C=N–C) groups is 1. The lowest BCUT2D eigenvalue weighted by Gasteiger charge is -2.14. The van der Waals surface area contributed by atoms with Gasteiger partial charge in [0.25, 0.3) is 0 Å². The quantitative estimate of drug-likeness (QED) is 0.559. The first-order valence-electron chi connectivity index (χ1n) is 9.23. The minimum atomic E-state index is 0.468. The number of hydrogen-bond acceptors (Lipinski definition) is 4. The monoisotopic (exact) mass is 357 g/mol. The molecule has 0 atom stereocenters. The molecule has 26 heavy (non-hydrogen) atoms. The maximum Gasteiger partial charge on any atom is 0.191 e. The summed E-state index contributed by atoms with van der Waals surface area (Å²) in [5.41, 5.74) is 3.43. The van der Waals surface area contributed by atoms with Crippen LogP contribution in [-0.2, 0) is 13.1 Å². The number of nitrogens with zero attached hydrogens (tertiary/aromatic N) is 3. The van der Waals surface area contributed by atoms with E-state index in [-0.39, 0.29) is 0 Å². The van der Waals surface area contributed by atoms with Crippen molar-refractivity contribution >= 4 is 11.6 Å². The van der Waals surface area contributed by atoms with E-state index in [0.29, 0.717) is 19.0 Å². The molecular weight excluding hydrogens is 326 g/mol. The van der Waals surface area contributed by atoms with Crippen LogP contribution in [0.2, 0.25) is 0 Å². The minimum absolute atomic E-state index is 0.468. The maximum absolute atomic E-state index is 5.44. The fraction of sp³-hybridized carbons (Fsp3) is 0.500. The Morgan fingerprint density at radius 1 is 1.12 bits per heavy atom. The Balaban J connectivity index is 1.84. The number of benzene rings is 1. The van der Waals surface area contributed by atoms with E-state index >= 15 is 0 Å². The third-order valence-electron chi connectivity index (χ3n) is 4.55. The van der Waals surface area contributed by atoms with Crippen LogP contribution < -0.4 is 15.5 Å². The van der Waals surface area contributed by atoms with Crippen LogP contribution in [0.15, 0.2) is 39.8 Å². The van der Waals surface area contributed by atoms with Gasteiger partial charge in [-0.3, -0.25) is 4.99 Å². The van der Waals surface area contributed by atoms with E-state index in [9.17, 15) is 0 Å². The Hall–Kier alpha value is -2.50. The van der Waals surface area contributed by atoms with Crippen molar-refractivity contribution in [1.82, 2.24) is 15.8 Å². The third-order valence-corrected chi connectivity index (χ3v) is 4.55. The summed E-state index contributed by atoms with van der Waals surface area (Å²) in [6.45, 7) is 5.63. The number of nitrogens with one attached hydrogen (secondary N) is 2. The number of anilines is 1. The zero-order valence-corrected chi connectivity index (χ0v) is 16.5. The molecule has 0 aliphatic carbocycles. The zero-order valence-electron chi connectivity index (χ0n) is 16.5. The second-order valence-electron chi connectivity index (χ2n) is 6.57. The van der Waals surface area contributed by atoms with E-state index in [1.165, 1.54) is 11.3 Å². The van der Waals surface area contributed by atoms with Gasteiger partial charge >= 0.3 is 0 Å². The molecule has 0 bridgehead atoms. The highest BCUT2D eigenvalue weighted by Gasteiger charge is 2.13. The molecule has 0 amide bonds. The van der Waals surface area contributed by atoms with Crippen LogP contribution in [0.1, 0.15) is 49.6 Å². The topological polar surface area (TPSA) is 65.7 Å². The van der Waals surface area contributed by atoms with Crippen LogP contribution in [-0.4, -0.2) is 32.3 Å². The van der Waals surface area contributed by atoms with Crippen molar-refractivity contribution in [3.8, 4) is 0 Å². The van der Waals surface area contributed by atoms with Crippen molar-refractivity contribution in [2.24, 2.45) is 4.99 Å². The molecule has 1 aromatic heterocycles. The van der Waals surface area contributed by atoms with Crippen molar-refractivity contribution in [3.05, 3.63) is 47.3 Å². The molecule has 0 fully saturated rings. The summed E-state index contributed by atoms with van der Waals surface area (Å²) in [5.74, 6) is 2.03. The third kappa shape index (κ3) is 5.51. The lowest BCUT2D eigenvalue weighted by atomic mass is 9.99. The lowest BCUT2D eigenvalue weighted by molar-refractivity contribution is 0.368. The fourth-order valence-corrected chi connectivity index (χ4v) is 2.80. The molecular formula is C20H31N5O. The maximum atomic E-state index is 5.44. The molecule has 0 saturated heterocycles. The van der Waals surface area contributed by atoms with Crippen LogP contribution in [0.25, 0.3) is 0 Å². The number of guanidine groups is 1. The van der Waals surface area contributed by atoms with Gasteiger partial charge < -0.3 is 20.1 Å². The average Bonchev–Trinajstić information content (AvgIpc) is 3.12. The molecule has 0 unspecified atom stereocenters. The Bertz CT molecular complexity index is 686. The molecule has 0 spiro atoms. The van der Waals surface area contributed by atoms with E-state index in [1.807, 2.05) is 20.2 Å². The molecule has 1 heterocycles. The SMILES string of the molecule is CCC(CC)c1cc(CNC(=NC)NCc2ccc(N(C)C)cc2)on1. The van der Waals surface area contributed by atoms with Crippen molar-refractivity contribution in [3.63, 3.8) is 0 Å². The van der Waals surface area contributed by atoms with Gasteiger partial charge in [-0.2, -0.15) is 0 Å². The molecule has 0 aliphatic heterocycles. The van der Waals surface area contributed by atoms with Gasteiger partial charge in [0, 0.05) is 45.4 Å². The summed E-state index contributed by atoms with van der Waals surface area (Å²) in [6, 6.07) is 10.5. The van der Waals surface area contributed by atoms with Crippen LogP contribution >= 0.6 is 0 Å². The summed E-state index contributed by atoms with van der Waals surface area (Å²) >= 11 is 0. The first-order valence-corrected chi connectivity index (χ1v) is 9.23. The fourth-order valence-electron chi connectivity index (χ4n) is 2.80. The number of hydrogen-bond donors (Lipinski definition) is 2. The Morgan fingerprint density at radius 2 is 1.77 bits per heavy atom. The van der Waals surface area contributed by atoms with Gasteiger partial charge in [0.2, 0.25) is 0 Å². The van der Waals surface area contributed by atoms with E-state index in [2.05, 4.69) is 63.8 Å². The second-order valence-corrected chi connectivity index (χ2v) is 6.57. The van der Waals surface area contributed by atoms with Crippen LogP contribution in [0.3, 0.4) is 0 Å². The smallest absolute Gasteiger partial charge is 0.191 e. The van der Waals surface area contributed by atoms with E-state index in [4.69, 9.17) is 4.52 Å². The second kappa shape index (κ2) is 9.85. The highest BCUT2D eigenvalue weighted by molar-refractivity contribution is 5.79. The Kier molecular flexibility index (Phi) is 7.51. The summed E-state index contributed by atoms with van der Waals surface area (Å²) < 4.78 is 5.44. The first-order chi connectivity index (χ1) is 12.6. The summed E-state index contributed by atoms with van der Waals surface area (Å²) in [6.07, 6.45) is 2.15. The number of rotatable bonds is 8. The van der Waals surface area contributed by atoms with Gasteiger partial charge in [-0.15, -0.1) is 0 Å². The van der Waals surface area contributed by atoms with Crippen molar-refractivity contribution in [2.75, 3.05) is 26.0 Å². The van der Waals surface area contributed by atoms with Gasteiger partial charge in [-0.25, -0.2) is 0 Å². The van der Waals surface area contributed by atoms with E-state index in [0.717, 1.165) is 30.3 Å². The predicted octanol–water partition coefficient (Wildman–Crippen LogP) is 3.51. The van der Waals surface area contributed by atoms with E-state index < -0.39 is 0 Å². The van der Waals surface area contributed by atoms with Crippen molar-refractivity contribution < 1.29 is 4.52 Å². The van der Waals surface area contributed by atoms with Gasteiger partial charge in [-0.1, -0.05) is 31.1 Å². The standard InChI is InChI=1S/C20H31N5O/c1-6-16(7-2)19-12-18(26-24-19)14-23-20(21-3)22-13-15-8-10-17(11-9-15)25(4)5/h8-12,16H,6-7,13-14H2,1-5H3,(H2,21,22,23). The molecule has 2 aromatic rings. The van der Waals surface area contributed by atoms with Gasteiger partial charge in [0.15, 0.2) is 11.7 Å². The van der Waals surface area contributed by atoms with Crippen LogP contribution in [0.4, 0.5) is 5.69 Å². The summed E-state index contributed by atoms with van der Waals surface area (Å²) in [4.78, 5) is 6.35. The lowest BCUT2D eigenvalue weighted by Crippen LogP contribution is -2.36. The number of aromatic nitrogens is 1. The molecule has 1 aromatic carbocycles. The molecule has 0 radical (unpaired) electrons. The molecule has 142 valence electrons. The van der Waals surface area contributed by atoms with Crippen molar-refractivity contribution in [1.29, 1.82) is 0 Å². The molecule has 0 saturated carbocycles. The molecule has 0 aliphatic rings. The van der Waals surface area contributed by atoms with Gasteiger partial charge in [0.05, 0.1) is 12.2 Å². The normalized spacial score (nSPS) is 11.7. The zero-order chi connectivity index (χ0) is 18.9. The average molecular weight is 358 g/mol. The highest BCUT2D eigenvalue weighted by Crippen LogP contribution is 2.22. The Labute approximate surface area is 156 Å². The predicted molar refractivity (Wildman–Crippen MR) is 108 cm³/mol. The van der Waals surface area contributed by atoms with Crippen LogP contribution in [0, 0.1) is 0 Å². The van der Waals surface area contributed by atoms with Gasteiger partial charge in [0.1, 0.15) is 0 Å². The summed E-state index contributed by atoms with van der Waals surface area (Å²) in [7, 11) is 5.84. The first kappa shape index (κ1) is 19.8.